The maximum atomic E-state index is 6.09. The highest BCUT2D eigenvalue weighted by Crippen LogP contribution is 2.26. The summed E-state index contributed by atoms with van der Waals surface area (Å²) in [6, 6.07) is 0.820. The molecule has 1 aliphatic heterocycles. The number of nitrogen functional groups attached to an aromatic ring is 1. The third-order valence-electron chi connectivity index (χ3n) is 5.18. The summed E-state index contributed by atoms with van der Waals surface area (Å²) in [5.41, 5.74) is 7.33. The molecule has 0 aromatic carbocycles. The summed E-state index contributed by atoms with van der Waals surface area (Å²) in [5, 5.41) is 0. The number of rotatable bonds is 10. The number of imidazole rings is 1. The van der Waals surface area contributed by atoms with Crippen LogP contribution in [0.1, 0.15) is 32.6 Å². The van der Waals surface area contributed by atoms with Crippen LogP contribution in [-0.4, -0.2) is 82.8 Å². The van der Waals surface area contributed by atoms with Crippen LogP contribution in [0.25, 0.3) is 11.2 Å². The zero-order valence-corrected chi connectivity index (χ0v) is 17.4. The van der Waals surface area contributed by atoms with Crippen molar-refractivity contribution in [2.45, 2.75) is 39.2 Å². The largest absolute Gasteiger partial charge is 0.468 e. The first-order valence-corrected chi connectivity index (χ1v) is 10.2. The number of fused-ring (bicyclic) bond motifs is 1. The van der Waals surface area contributed by atoms with Crippen molar-refractivity contribution in [1.82, 2.24) is 29.3 Å². The Balaban J connectivity index is 1.64. The fourth-order valence-corrected chi connectivity index (χ4v) is 3.39. The molecule has 0 saturated carbocycles. The van der Waals surface area contributed by atoms with E-state index in [1.807, 2.05) is 4.57 Å². The molecule has 0 atom stereocenters. The van der Waals surface area contributed by atoms with Gasteiger partial charge in [-0.2, -0.15) is 15.0 Å². The van der Waals surface area contributed by atoms with Crippen LogP contribution in [0.15, 0.2) is 0 Å². The SMILES string of the molecule is CCCCOc1nc(N)c2nc(OC)n(CCCCN3CCN(C)CC3)c2n1. The van der Waals surface area contributed by atoms with Gasteiger partial charge in [-0.25, -0.2) is 0 Å². The average Bonchev–Trinajstić information content (AvgIpc) is 3.05. The molecule has 2 aromatic heterocycles. The second kappa shape index (κ2) is 9.88. The molecule has 156 valence electrons. The lowest BCUT2D eigenvalue weighted by Crippen LogP contribution is -2.44. The lowest BCUT2D eigenvalue weighted by molar-refractivity contribution is 0.151. The molecule has 0 unspecified atom stereocenters. The molecule has 1 fully saturated rings. The molecule has 2 N–H and O–H groups in total. The Morgan fingerprint density at radius 1 is 1.00 bits per heavy atom. The predicted molar refractivity (Wildman–Crippen MR) is 110 cm³/mol. The van der Waals surface area contributed by atoms with E-state index in [4.69, 9.17) is 15.2 Å². The van der Waals surface area contributed by atoms with Crippen molar-refractivity contribution in [2.75, 3.05) is 59.2 Å². The lowest BCUT2D eigenvalue weighted by Gasteiger charge is -2.32. The van der Waals surface area contributed by atoms with Crippen molar-refractivity contribution in [1.29, 1.82) is 0 Å². The van der Waals surface area contributed by atoms with Crippen LogP contribution in [0.5, 0.6) is 12.0 Å². The Bertz CT molecular complexity index is 756. The number of nitrogens with two attached hydrogens (primary N) is 1. The van der Waals surface area contributed by atoms with Gasteiger partial charge < -0.3 is 25.0 Å². The van der Waals surface area contributed by atoms with Gasteiger partial charge in [0.25, 0.3) is 6.01 Å². The topological polar surface area (TPSA) is 94.6 Å². The zero-order valence-electron chi connectivity index (χ0n) is 17.4. The highest BCUT2D eigenvalue weighted by molar-refractivity contribution is 5.83. The smallest absolute Gasteiger partial charge is 0.320 e. The highest BCUT2D eigenvalue weighted by atomic mass is 16.5. The van der Waals surface area contributed by atoms with Gasteiger partial charge in [0.1, 0.15) is 0 Å². The van der Waals surface area contributed by atoms with Gasteiger partial charge in [0.15, 0.2) is 17.0 Å². The maximum Gasteiger partial charge on any atom is 0.320 e. The molecular weight excluding hydrogens is 358 g/mol. The molecule has 28 heavy (non-hydrogen) atoms. The van der Waals surface area contributed by atoms with Crippen molar-refractivity contribution in [3.05, 3.63) is 0 Å². The second-order valence-electron chi connectivity index (χ2n) is 7.37. The van der Waals surface area contributed by atoms with Gasteiger partial charge in [-0.1, -0.05) is 13.3 Å². The second-order valence-corrected chi connectivity index (χ2v) is 7.37. The van der Waals surface area contributed by atoms with E-state index in [0.717, 1.165) is 65.0 Å². The van der Waals surface area contributed by atoms with Crippen LogP contribution in [0.2, 0.25) is 0 Å². The van der Waals surface area contributed by atoms with E-state index in [1.165, 1.54) is 0 Å². The third kappa shape index (κ3) is 5.02. The number of aryl methyl sites for hydroxylation is 1. The molecule has 1 saturated heterocycles. The van der Waals surface area contributed by atoms with E-state index in [9.17, 15) is 0 Å². The molecule has 0 radical (unpaired) electrons. The summed E-state index contributed by atoms with van der Waals surface area (Å²) in [7, 11) is 3.80. The first-order valence-electron chi connectivity index (χ1n) is 10.2. The zero-order chi connectivity index (χ0) is 19.9. The Morgan fingerprint density at radius 2 is 1.75 bits per heavy atom. The summed E-state index contributed by atoms with van der Waals surface area (Å²) in [6.07, 6.45) is 4.14. The lowest BCUT2D eigenvalue weighted by atomic mass is 10.2. The van der Waals surface area contributed by atoms with E-state index in [1.54, 1.807) is 7.11 Å². The van der Waals surface area contributed by atoms with E-state index in [2.05, 4.69) is 38.7 Å². The summed E-state index contributed by atoms with van der Waals surface area (Å²) >= 11 is 0. The molecule has 0 spiro atoms. The fraction of sp³-hybridized carbons (Fsp3) is 0.737. The maximum absolute atomic E-state index is 6.09. The number of piperazine rings is 1. The van der Waals surface area contributed by atoms with Crippen molar-refractivity contribution in [2.24, 2.45) is 0 Å². The standard InChI is InChI=1S/C19H33N7O2/c1-4-5-14-28-18-22-16(20)15-17(23-18)26(19(21-15)27-3)9-7-6-8-25-12-10-24(2)11-13-25/h4-14H2,1-3H3,(H2,20,22,23). The van der Waals surface area contributed by atoms with E-state index in [0.29, 0.717) is 35.6 Å². The van der Waals surface area contributed by atoms with Crippen LogP contribution in [0, 0.1) is 0 Å². The summed E-state index contributed by atoms with van der Waals surface area (Å²) in [4.78, 5) is 18.1. The van der Waals surface area contributed by atoms with E-state index < -0.39 is 0 Å². The molecule has 9 heteroatoms. The fourth-order valence-electron chi connectivity index (χ4n) is 3.39. The molecule has 0 amide bonds. The van der Waals surface area contributed by atoms with Gasteiger partial charge in [0.2, 0.25) is 0 Å². The van der Waals surface area contributed by atoms with Crippen LogP contribution in [0.3, 0.4) is 0 Å². The number of anilines is 1. The van der Waals surface area contributed by atoms with E-state index in [-0.39, 0.29) is 0 Å². The number of hydrogen-bond donors (Lipinski definition) is 1. The van der Waals surface area contributed by atoms with Crippen molar-refractivity contribution >= 4 is 17.0 Å². The van der Waals surface area contributed by atoms with Crippen molar-refractivity contribution < 1.29 is 9.47 Å². The van der Waals surface area contributed by atoms with Gasteiger partial charge in [0.05, 0.1) is 13.7 Å². The quantitative estimate of drug-likeness (QED) is 0.611. The van der Waals surface area contributed by atoms with Crippen molar-refractivity contribution in [3.8, 4) is 12.0 Å². The normalized spacial score (nSPS) is 16.0. The average molecular weight is 392 g/mol. The van der Waals surface area contributed by atoms with Gasteiger partial charge in [-0.05, 0) is 32.9 Å². The van der Waals surface area contributed by atoms with Gasteiger partial charge >= 0.3 is 6.01 Å². The number of unbranched alkanes of at least 4 members (excludes halogenated alkanes) is 2. The molecule has 3 rings (SSSR count). The van der Waals surface area contributed by atoms with Crippen LogP contribution < -0.4 is 15.2 Å². The van der Waals surface area contributed by atoms with Gasteiger partial charge in [-0.3, -0.25) is 4.57 Å². The Labute approximate surface area is 166 Å². The highest BCUT2D eigenvalue weighted by Gasteiger charge is 2.18. The number of ether oxygens (including phenoxy) is 2. The van der Waals surface area contributed by atoms with Gasteiger partial charge in [-0.15, -0.1) is 0 Å². The van der Waals surface area contributed by atoms with Crippen molar-refractivity contribution in [3.63, 3.8) is 0 Å². The van der Waals surface area contributed by atoms with Crippen LogP contribution in [0.4, 0.5) is 5.82 Å². The summed E-state index contributed by atoms with van der Waals surface area (Å²) < 4.78 is 13.1. The molecule has 9 nitrogen and oxygen atoms in total. The molecule has 0 aliphatic carbocycles. The monoisotopic (exact) mass is 391 g/mol. The van der Waals surface area contributed by atoms with Crippen LogP contribution in [-0.2, 0) is 6.54 Å². The van der Waals surface area contributed by atoms with E-state index >= 15 is 0 Å². The Hall–Kier alpha value is -2.13. The third-order valence-corrected chi connectivity index (χ3v) is 5.18. The molecular formula is C19H33N7O2. The molecule has 0 bridgehead atoms. The summed E-state index contributed by atoms with van der Waals surface area (Å²) in [6.45, 7) is 9.19. The Morgan fingerprint density at radius 3 is 2.46 bits per heavy atom. The van der Waals surface area contributed by atoms with Crippen LogP contribution >= 0.6 is 0 Å². The number of likely N-dealkylation sites (N-methyl/N-ethyl adjacent to an activating group) is 1. The van der Waals surface area contributed by atoms with Gasteiger partial charge in [0, 0.05) is 32.7 Å². The first-order chi connectivity index (χ1) is 13.6. The minimum atomic E-state index is 0.305. The predicted octanol–water partition coefficient (Wildman–Crippen LogP) is 1.62. The number of aromatic nitrogens is 4. The number of hydrogen-bond acceptors (Lipinski definition) is 8. The minimum Gasteiger partial charge on any atom is -0.468 e. The molecule has 3 heterocycles. The molecule has 1 aliphatic rings. The Kier molecular flexibility index (Phi) is 7.27. The minimum absolute atomic E-state index is 0.305. The molecule has 2 aromatic rings. The number of nitrogens with zero attached hydrogens (tertiary/aromatic N) is 6. The first kappa shape index (κ1) is 20.6. The number of methoxy groups -OCH3 is 1. The summed E-state index contributed by atoms with van der Waals surface area (Å²) in [5.74, 6) is 0.325.